The first-order valence-corrected chi connectivity index (χ1v) is 7.35. The van der Waals surface area contributed by atoms with E-state index in [0.717, 1.165) is 23.9 Å². The zero-order chi connectivity index (χ0) is 15.2. The van der Waals surface area contributed by atoms with Gasteiger partial charge in [-0.15, -0.1) is 0 Å². The van der Waals surface area contributed by atoms with E-state index in [9.17, 15) is 9.59 Å². The van der Waals surface area contributed by atoms with Crippen molar-refractivity contribution in [2.24, 2.45) is 0 Å². The zero-order valence-corrected chi connectivity index (χ0v) is 12.6. The fraction of sp³-hybridized carbons (Fsp3) is 0.438. The Labute approximate surface area is 124 Å². The second kappa shape index (κ2) is 7.02. The lowest BCUT2D eigenvalue weighted by Gasteiger charge is -2.08. The highest BCUT2D eigenvalue weighted by Crippen LogP contribution is 2.11. The summed E-state index contributed by atoms with van der Waals surface area (Å²) in [5.74, 6) is -0.0281. The van der Waals surface area contributed by atoms with E-state index in [0.29, 0.717) is 24.9 Å². The molecule has 0 saturated carbocycles. The van der Waals surface area contributed by atoms with Crippen molar-refractivity contribution >= 4 is 16.8 Å². The summed E-state index contributed by atoms with van der Waals surface area (Å²) in [5.41, 5.74) is 1.62. The quantitative estimate of drug-likeness (QED) is 0.827. The van der Waals surface area contributed by atoms with Gasteiger partial charge < -0.3 is 5.32 Å². The number of para-hydroxylation sites is 1. The number of fused-ring (bicyclic) bond motifs is 1. The standard InChI is InChI=1S/C16H21N3O2/c1-3-4-9-17-14(20)8-10-19-11-18-15-12(2)6-5-7-13(15)16(19)21/h5-7,11H,3-4,8-10H2,1-2H3,(H,17,20). The molecule has 5 nitrogen and oxygen atoms in total. The molecule has 1 heterocycles. The predicted molar refractivity (Wildman–Crippen MR) is 83.3 cm³/mol. The van der Waals surface area contributed by atoms with Crippen molar-refractivity contribution in [3.8, 4) is 0 Å². The van der Waals surface area contributed by atoms with E-state index in [1.807, 2.05) is 19.1 Å². The lowest BCUT2D eigenvalue weighted by Crippen LogP contribution is -2.28. The maximum atomic E-state index is 12.3. The first kappa shape index (κ1) is 15.2. The molecule has 0 spiro atoms. The van der Waals surface area contributed by atoms with Crippen LogP contribution in [0.5, 0.6) is 0 Å². The summed E-state index contributed by atoms with van der Waals surface area (Å²) in [5, 5.41) is 3.45. The van der Waals surface area contributed by atoms with E-state index < -0.39 is 0 Å². The molecular weight excluding hydrogens is 266 g/mol. The molecule has 21 heavy (non-hydrogen) atoms. The van der Waals surface area contributed by atoms with Crippen molar-refractivity contribution in [2.45, 2.75) is 39.7 Å². The van der Waals surface area contributed by atoms with Crippen molar-refractivity contribution < 1.29 is 4.79 Å². The Balaban J connectivity index is 2.08. The Hall–Kier alpha value is -2.17. The summed E-state index contributed by atoms with van der Waals surface area (Å²) < 4.78 is 1.50. The highest BCUT2D eigenvalue weighted by atomic mass is 16.1. The van der Waals surface area contributed by atoms with Crippen molar-refractivity contribution in [1.29, 1.82) is 0 Å². The van der Waals surface area contributed by atoms with Gasteiger partial charge in [-0.3, -0.25) is 14.2 Å². The number of amides is 1. The molecule has 1 aromatic heterocycles. The van der Waals surface area contributed by atoms with E-state index in [4.69, 9.17) is 0 Å². The Morgan fingerprint density at radius 1 is 1.38 bits per heavy atom. The Morgan fingerprint density at radius 2 is 2.19 bits per heavy atom. The van der Waals surface area contributed by atoms with E-state index in [1.165, 1.54) is 10.9 Å². The van der Waals surface area contributed by atoms with Gasteiger partial charge in [-0.1, -0.05) is 25.5 Å². The maximum absolute atomic E-state index is 12.3. The van der Waals surface area contributed by atoms with Gasteiger partial charge in [0.15, 0.2) is 0 Å². The van der Waals surface area contributed by atoms with Gasteiger partial charge in [0, 0.05) is 19.5 Å². The Morgan fingerprint density at radius 3 is 2.95 bits per heavy atom. The van der Waals surface area contributed by atoms with Crippen molar-refractivity contribution in [3.05, 3.63) is 40.4 Å². The van der Waals surface area contributed by atoms with E-state index in [1.54, 1.807) is 6.07 Å². The number of carbonyl (C=O) groups excluding carboxylic acids is 1. The molecule has 0 unspecified atom stereocenters. The predicted octanol–water partition coefficient (Wildman–Crippen LogP) is 2.01. The average Bonchev–Trinajstić information content (AvgIpc) is 2.48. The molecule has 2 rings (SSSR count). The minimum absolute atomic E-state index is 0.0281. The van der Waals surface area contributed by atoms with Gasteiger partial charge in [0.25, 0.3) is 5.56 Å². The smallest absolute Gasteiger partial charge is 0.261 e. The number of rotatable bonds is 6. The van der Waals surface area contributed by atoms with Crippen molar-refractivity contribution in [1.82, 2.24) is 14.9 Å². The SMILES string of the molecule is CCCCNC(=O)CCn1cnc2c(C)cccc2c1=O. The second-order valence-electron chi connectivity index (χ2n) is 5.17. The fourth-order valence-corrected chi connectivity index (χ4v) is 2.21. The molecule has 1 aromatic carbocycles. The summed E-state index contributed by atoms with van der Waals surface area (Å²) in [7, 11) is 0. The molecule has 1 N–H and O–H groups in total. The summed E-state index contributed by atoms with van der Waals surface area (Å²) in [6.07, 6.45) is 3.84. The number of benzene rings is 1. The second-order valence-corrected chi connectivity index (χ2v) is 5.17. The normalized spacial score (nSPS) is 10.8. The largest absolute Gasteiger partial charge is 0.356 e. The van der Waals surface area contributed by atoms with Crippen LogP contribution in [0.15, 0.2) is 29.3 Å². The van der Waals surface area contributed by atoms with Gasteiger partial charge in [-0.05, 0) is 25.0 Å². The number of unbranched alkanes of at least 4 members (excludes halogenated alkanes) is 1. The number of aryl methyl sites for hydroxylation is 2. The molecule has 0 aliphatic carbocycles. The maximum Gasteiger partial charge on any atom is 0.261 e. The minimum atomic E-state index is -0.0925. The number of nitrogens with one attached hydrogen (secondary N) is 1. The topological polar surface area (TPSA) is 64.0 Å². The van der Waals surface area contributed by atoms with Crippen LogP contribution in [0.4, 0.5) is 0 Å². The molecule has 0 aliphatic rings. The van der Waals surface area contributed by atoms with Crippen LogP contribution in [0.25, 0.3) is 10.9 Å². The molecule has 0 fully saturated rings. The van der Waals surface area contributed by atoms with Gasteiger partial charge in [-0.25, -0.2) is 4.98 Å². The zero-order valence-electron chi connectivity index (χ0n) is 12.6. The minimum Gasteiger partial charge on any atom is -0.356 e. The Bertz CT molecular complexity index is 691. The number of carbonyl (C=O) groups is 1. The fourth-order valence-electron chi connectivity index (χ4n) is 2.21. The first-order valence-electron chi connectivity index (χ1n) is 7.35. The molecule has 2 aromatic rings. The van der Waals surface area contributed by atoms with Crippen LogP contribution in [-0.2, 0) is 11.3 Å². The monoisotopic (exact) mass is 287 g/mol. The van der Waals surface area contributed by atoms with Gasteiger partial charge in [0.1, 0.15) is 0 Å². The highest BCUT2D eigenvalue weighted by Gasteiger charge is 2.07. The van der Waals surface area contributed by atoms with Crippen molar-refractivity contribution in [3.63, 3.8) is 0 Å². The Kier molecular flexibility index (Phi) is 5.09. The van der Waals surface area contributed by atoms with E-state index >= 15 is 0 Å². The van der Waals surface area contributed by atoms with Crippen LogP contribution >= 0.6 is 0 Å². The molecule has 5 heteroatoms. The highest BCUT2D eigenvalue weighted by molar-refractivity contribution is 5.80. The molecule has 112 valence electrons. The summed E-state index contributed by atoms with van der Waals surface area (Å²) in [6, 6.07) is 5.55. The van der Waals surface area contributed by atoms with Crippen LogP contribution in [0.1, 0.15) is 31.7 Å². The summed E-state index contributed by atoms with van der Waals surface area (Å²) in [4.78, 5) is 28.3. The molecule has 0 saturated heterocycles. The van der Waals surface area contributed by atoms with Crippen LogP contribution in [0, 0.1) is 6.92 Å². The van der Waals surface area contributed by atoms with Crippen LogP contribution < -0.4 is 10.9 Å². The third-order valence-corrected chi connectivity index (χ3v) is 3.49. The number of aromatic nitrogens is 2. The number of nitrogens with zero attached hydrogens (tertiary/aromatic N) is 2. The molecule has 1 amide bonds. The van der Waals surface area contributed by atoms with Gasteiger partial charge in [-0.2, -0.15) is 0 Å². The van der Waals surface area contributed by atoms with Gasteiger partial charge in [0.2, 0.25) is 5.91 Å². The molecule has 0 atom stereocenters. The lowest BCUT2D eigenvalue weighted by atomic mass is 10.1. The first-order chi connectivity index (χ1) is 10.1. The van der Waals surface area contributed by atoms with Gasteiger partial charge >= 0.3 is 0 Å². The van der Waals surface area contributed by atoms with Gasteiger partial charge in [0.05, 0.1) is 17.2 Å². The number of hydrogen-bond donors (Lipinski definition) is 1. The summed E-state index contributed by atoms with van der Waals surface area (Å²) >= 11 is 0. The lowest BCUT2D eigenvalue weighted by molar-refractivity contribution is -0.121. The molecule has 0 aliphatic heterocycles. The molecular formula is C16H21N3O2. The van der Waals surface area contributed by atoms with Crippen molar-refractivity contribution in [2.75, 3.05) is 6.54 Å². The van der Waals surface area contributed by atoms with E-state index in [-0.39, 0.29) is 11.5 Å². The number of hydrogen-bond acceptors (Lipinski definition) is 3. The van der Waals surface area contributed by atoms with Crippen LogP contribution in [-0.4, -0.2) is 22.0 Å². The molecule has 0 radical (unpaired) electrons. The third-order valence-electron chi connectivity index (χ3n) is 3.49. The van der Waals surface area contributed by atoms with E-state index in [2.05, 4.69) is 17.2 Å². The molecule has 0 bridgehead atoms. The third kappa shape index (κ3) is 3.68. The average molecular weight is 287 g/mol. The van der Waals surface area contributed by atoms with Crippen LogP contribution in [0.3, 0.4) is 0 Å². The summed E-state index contributed by atoms with van der Waals surface area (Å²) in [6.45, 7) is 5.06. The van der Waals surface area contributed by atoms with Crippen LogP contribution in [0.2, 0.25) is 0 Å².